The van der Waals surface area contributed by atoms with Crippen molar-refractivity contribution in [3.05, 3.63) is 83.6 Å². The Balaban J connectivity index is 1.40. The number of benzene rings is 2. The van der Waals surface area contributed by atoms with E-state index in [9.17, 15) is 18.3 Å². The molecular weight excluding hydrogens is 403 g/mol. The molecule has 31 heavy (non-hydrogen) atoms. The Morgan fingerprint density at radius 2 is 1.68 bits per heavy atom. The fraction of sp³-hybridized carbons (Fsp3) is 0.360. The van der Waals surface area contributed by atoms with E-state index in [0.29, 0.717) is 31.3 Å². The van der Waals surface area contributed by atoms with Gasteiger partial charge in [0.1, 0.15) is 11.5 Å². The Labute approximate surface area is 180 Å². The number of hydrogen-bond donors (Lipinski definition) is 1. The van der Waals surface area contributed by atoms with Crippen molar-refractivity contribution in [3.63, 3.8) is 0 Å². The van der Waals surface area contributed by atoms with Gasteiger partial charge in [0.2, 0.25) is 0 Å². The third kappa shape index (κ3) is 5.77. The lowest BCUT2D eigenvalue weighted by Gasteiger charge is -2.24. The molecule has 3 aromatic rings. The fourth-order valence-corrected chi connectivity index (χ4v) is 3.88. The first kappa shape index (κ1) is 21.7. The van der Waals surface area contributed by atoms with Crippen LogP contribution in [0.3, 0.4) is 0 Å². The van der Waals surface area contributed by atoms with Crippen molar-refractivity contribution in [2.75, 3.05) is 6.54 Å². The van der Waals surface area contributed by atoms with Gasteiger partial charge in [-0.25, -0.2) is 0 Å². The Kier molecular flexibility index (Phi) is 6.49. The van der Waals surface area contributed by atoms with Gasteiger partial charge in [-0.2, -0.15) is 13.2 Å². The van der Waals surface area contributed by atoms with E-state index in [4.69, 9.17) is 4.42 Å². The van der Waals surface area contributed by atoms with Gasteiger partial charge in [-0.3, -0.25) is 4.90 Å². The maximum absolute atomic E-state index is 13.3. The summed E-state index contributed by atoms with van der Waals surface area (Å²) in [6, 6.07) is 19.2. The zero-order valence-electron chi connectivity index (χ0n) is 17.2. The van der Waals surface area contributed by atoms with Crippen LogP contribution in [0.15, 0.2) is 71.1 Å². The standard InChI is InChI=1S/C25H26F3NO2/c26-25(27,28)23-9-5-4-8-22(23)24-15-14-21(31-24)17-29(19-11-12-19)16-20(30)13-10-18-6-2-1-3-7-18/h1-9,14-15,19-20,30H,10-13,16-17H2. The second-order valence-electron chi connectivity index (χ2n) is 8.15. The molecule has 1 N–H and O–H groups in total. The highest BCUT2D eigenvalue weighted by molar-refractivity contribution is 5.63. The summed E-state index contributed by atoms with van der Waals surface area (Å²) < 4.78 is 45.8. The number of nitrogens with zero attached hydrogens (tertiary/aromatic N) is 1. The van der Waals surface area contributed by atoms with E-state index in [-0.39, 0.29) is 11.3 Å². The van der Waals surface area contributed by atoms with Crippen LogP contribution >= 0.6 is 0 Å². The van der Waals surface area contributed by atoms with Crippen LogP contribution in [0.25, 0.3) is 11.3 Å². The molecule has 1 fully saturated rings. The molecule has 164 valence electrons. The second-order valence-corrected chi connectivity index (χ2v) is 8.15. The van der Waals surface area contributed by atoms with Crippen LogP contribution in [0.1, 0.15) is 36.1 Å². The van der Waals surface area contributed by atoms with E-state index in [1.807, 2.05) is 18.2 Å². The van der Waals surface area contributed by atoms with Crippen molar-refractivity contribution >= 4 is 0 Å². The van der Waals surface area contributed by atoms with Crippen LogP contribution in [0.2, 0.25) is 0 Å². The molecule has 0 amide bonds. The maximum atomic E-state index is 13.3. The molecule has 6 heteroatoms. The van der Waals surface area contributed by atoms with Crippen LogP contribution < -0.4 is 0 Å². The quantitative estimate of drug-likeness (QED) is 0.458. The molecule has 1 aromatic heterocycles. The molecule has 0 spiro atoms. The average Bonchev–Trinajstić information content (AvgIpc) is 3.51. The highest BCUT2D eigenvalue weighted by Gasteiger charge is 2.34. The third-order valence-corrected chi connectivity index (χ3v) is 5.64. The van der Waals surface area contributed by atoms with Gasteiger partial charge in [-0.15, -0.1) is 0 Å². The lowest BCUT2D eigenvalue weighted by Crippen LogP contribution is -2.34. The predicted molar refractivity (Wildman–Crippen MR) is 113 cm³/mol. The monoisotopic (exact) mass is 429 g/mol. The molecule has 0 saturated heterocycles. The first-order valence-corrected chi connectivity index (χ1v) is 10.6. The molecule has 3 nitrogen and oxygen atoms in total. The van der Waals surface area contributed by atoms with Gasteiger partial charge in [-0.05, 0) is 49.4 Å². The van der Waals surface area contributed by atoms with Crippen LogP contribution in [0.4, 0.5) is 13.2 Å². The minimum absolute atomic E-state index is 0.0436. The van der Waals surface area contributed by atoms with Crippen molar-refractivity contribution in [1.82, 2.24) is 4.90 Å². The minimum Gasteiger partial charge on any atom is -0.460 e. The highest BCUT2D eigenvalue weighted by Crippen LogP contribution is 2.38. The van der Waals surface area contributed by atoms with Crippen molar-refractivity contribution in [3.8, 4) is 11.3 Å². The van der Waals surface area contributed by atoms with Crippen LogP contribution in [0.5, 0.6) is 0 Å². The Morgan fingerprint density at radius 3 is 2.39 bits per heavy atom. The average molecular weight is 429 g/mol. The van der Waals surface area contributed by atoms with E-state index in [1.165, 1.54) is 17.7 Å². The zero-order chi connectivity index (χ0) is 21.8. The number of rotatable bonds is 9. The summed E-state index contributed by atoms with van der Waals surface area (Å²) in [7, 11) is 0. The molecule has 0 bridgehead atoms. The van der Waals surface area contributed by atoms with Crippen molar-refractivity contribution < 1.29 is 22.7 Å². The zero-order valence-corrected chi connectivity index (χ0v) is 17.2. The van der Waals surface area contributed by atoms with Gasteiger partial charge in [0, 0.05) is 18.2 Å². The molecular formula is C25H26F3NO2. The van der Waals surface area contributed by atoms with Crippen molar-refractivity contribution in [2.24, 2.45) is 0 Å². The number of aliphatic hydroxyl groups excluding tert-OH is 1. The number of halogens is 3. The lowest BCUT2D eigenvalue weighted by atomic mass is 10.1. The van der Waals surface area contributed by atoms with Gasteiger partial charge in [-0.1, -0.05) is 48.5 Å². The summed E-state index contributed by atoms with van der Waals surface area (Å²) in [4.78, 5) is 2.17. The molecule has 0 radical (unpaired) electrons. The lowest BCUT2D eigenvalue weighted by molar-refractivity contribution is -0.137. The maximum Gasteiger partial charge on any atom is 0.417 e. The topological polar surface area (TPSA) is 36.6 Å². The highest BCUT2D eigenvalue weighted by atomic mass is 19.4. The molecule has 1 unspecified atom stereocenters. The van der Waals surface area contributed by atoms with Gasteiger partial charge in [0.25, 0.3) is 0 Å². The SMILES string of the molecule is OC(CCc1ccccc1)CN(Cc1ccc(-c2ccccc2C(F)(F)F)o1)C1CC1. The third-order valence-electron chi connectivity index (χ3n) is 5.64. The molecule has 1 aliphatic carbocycles. The van der Waals surface area contributed by atoms with Gasteiger partial charge in [0.05, 0.1) is 18.2 Å². The van der Waals surface area contributed by atoms with Gasteiger partial charge >= 0.3 is 6.18 Å². The molecule has 1 heterocycles. The minimum atomic E-state index is -4.44. The van der Waals surface area contributed by atoms with Crippen LogP contribution in [-0.2, 0) is 19.1 Å². The predicted octanol–water partition coefficient (Wildman–Crippen LogP) is 5.92. The largest absolute Gasteiger partial charge is 0.460 e. The molecule has 1 atom stereocenters. The number of alkyl halides is 3. The van der Waals surface area contributed by atoms with Gasteiger partial charge < -0.3 is 9.52 Å². The summed E-state index contributed by atoms with van der Waals surface area (Å²) in [5.41, 5.74) is 0.534. The molecule has 0 aliphatic heterocycles. The van der Waals surface area contributed by atoms with E-state index in [1.54, 1.807) is 18.2 Å². The van der Waals surface area contributed by atoms with E-state index in [0.717, 1.165) is 25.3 Å². The first-order valence-electron chi connectivity index (χ1n) is 10.6. The molecule has 2 aromatic carbocycles. The Bertz CT molecular complexity index is 980. The van der Waals surface area contributed by atoms with E-state index >= 15 is 0 Å². The van der Waals surface area contributed by atoms with Crippen molar-refractivity contribution in [1.29, 1.82) is 0 Å². The number of aryl methyl sites for hydroxylation is 1. The number of hydrogen-bond acceptors (Lipinski definition) is 3. The Morgan fingerprint density at radius 1 is 0.968 bits per heavy atom. The fourth-order valence-electron chi connectivity index (χ4n) is 3.88. The number of furan rings is 1. The summed E-state index contributed by atoms with van der Waals surface area (Å²) in [6.07, 6.45) is -1.31. The van der Waals surface area contributed by atoms with Crippen LogP contribution in [-0.4, -0.2) is 28.7 Å². The first-order chi connectivity index (χ1) is 14.9. The normalized spacial score (nSPS) is 15.4. The molecule has 1 saturated carbocycles. The van der Waals surface area contributed by atoms with Crippen LogP contribution in [0, 0.1) is 0 Å². The van der Waals surface area contributed by atoms with Crippen molar-refractivity contribution in [2.45, 2.75) is 50.6 Å². The summed E-state index contributed by atoms with van der Waals surface area (Å²) in [5.74, 6) is 0.817. The Hall–Kier alpha value is -2.57. The second kappa shape index (κ2) is 9.28. The summed E-state index contributed by atoms with van der Waals surface area (Å²) in [6.45, 7) is 0.994. The molecule has 1 aliphatic rings. The smallest absolute Gasteiger partial charge is 0.417 e. The van der Waals surface area contributed by atoms with E-state index in [2.05, 4.69) is 17.0 Å². The van der Waals surface area contributed by atoms with Gasteiger partial charge in [0.15, 0.2) is 0 Å². The van der Waals surface area contributed by atoms with E-state index < -0.39 is 17.8 Å². The molecule has 4 rings (SSSR count). The summed E-state index contributed by atoms with van der Waals surface area (Å²) in [5, 5.41) is 10.5. The summed E-state index contributed by atoms with van der Waals surface area (Å²) >= 11 is 0. The number of aliphatic hydroxyl groups is 1.